The van der Waals surface area contributed by atoms with Crippen LogP contribution >= 0.6 is 24.4 Å². The molecular weight excluding hydrogens is 295 g/mol. The summed E-state index contributed by atoms with van der Waals surface area (Å²) in [5, 5.41) is 29.1. The molecular formula is C10H13FN2O4S2. The summed E-state index contributed by atoms with van der Waals surface area (Å²) >= 11 is 9.91. The number of halogens is 1. The van der Waals surface area contributed by atoms with E-state index in [1.165, 1.54) is 16.8 Å². The molecule has 0 radical (unpaired) electrons. The number of aliphatic hydroxyl groups excluding tert-OH is 2. The molecule has 1 aliphatic heterocycles. The van der Waals surface area contributed by atoms with Crippen molar-refractivity contribution in [3.63, 3.8) is 0 Å². The molecule has 9 heteroatoms. The summed E-state index contributed by atoms with van der Waals surface area (Å²) in [6, 6.07) is 1.49. The number of nitrogens with one attached hydrogen (secondary N) is 1. The van der Waals surface area contributed by atoms with Crippen LogP contribution in [0.4, 0.5) is 4.39 Å². The Labute approximate surface area is 118 Å². The number of hydrogen-bond acceptors (Lipinski definition) is 6. The molecule has 1 aliphatic rings. The van der Waals surface area contributed by atoms with E-state index in [2.05, 4.69) is 4.98 Å². The number of nitrogens with zero attached hydrogens (tertiary/aromatic N) is 1. The SMILES string of the molecule is OC[C@H]1O[C@@H](n2ccc(=S)[nH]c2=S)C(O)(CF)[C@H]1O. The zero-order chi connectivity index (χ0) is 14.2. The molecule has 19 heavy (non-hydrogen) atoms. The highest BCUT2D eigenvalue weighted by atomic mass is 32.1. The average molecular weight is 308 g/mol. The van der Waals surface area contributed by atoms with Gasteiger partial charge in [-0.1, -0.05) is 12.2 Å². The van der Waals surface area contributed by atoms with Gasteiger partial charge in [-0.15, -0.1) is 0 Å². The second-order valence-corrected chi connectivity index (χ2v) is 5.12. The summed E-state index contributed by atoms with van der Waals surface area (Å²) in [5.41, 5.74) is -2.18. The van der Waals surface area contributed by atoms with Gasteiger partial charge in [0.25, 0.3) is 0 Å². The quantitative estimate of drug-likeness (QED) is 0.598. The highest BCUT2D eigenvalue weighted by Gasteiger charge is 2.56. The van der Waals surface area contributed by atoms with E-state index in [9.17, 15) is 14.6 Å². The third-order valence-corrected chi connectivity index (χ3v) is 3.64. The summed E-state index contributed by atoms with van der Waals surface area (Å²) in [7, 11) is 0. The third kappa shape index (κ3) is 2.37. The van der Waals surface area contributed by atoms with Gasteiger partial charge in [0, 0.05) is 6.20 Å². The molecule has 2 rings (SSSR count). The monoisotopic (exact) mass is 308 g/mol. The molecule has 0 spiro atoms. The van der Waals surface area contributed by atoms with Crippen LogP contribution in [0.3, 0.4) is 0 Å². The van der Waals surface area contributed by atoms with E-state index in [4.69, 9.17) is 34.3 Å². The molecule has 1 saturated heterocycles. The first-order chi connectivity index (χ1) is 8.93. The second-order valence-electron chi connectivity index (χ2n) is 4.30. The maximum atomic E-state index is 13.1. The molecule has 1 aromatic heterocycles. The number of alkyl halides is 1. The molecule has 4 N–H and O–H groups in total. The Morgan fingerprint density at radius 2 is 2.21 bits per heavy atom. The van der Waals surface area contributed by atoms with Crippen molar-refractivity contribution in [3.05, 3.63) is 21.7 Å². The summed E-state index contributed by atoms with van der Waals surface area (Å²) < 4.78 is 20.2. The molecule has 106 valence electrons. The van der Waals surface area contributed by atoms with Gasteiger partial charge in [-0.3, -0.25) is 4.57 Å². The van der Waals surface area contributed by atoms with Crippen LogP contribution in [-0.2, 0) is 4.74 Å². The van der Waals surface area contributed by atoms with Crippen LogP contribution in [0.15, 0.2) is 12.3 Å². The zero-order valence-corrected chi connectivity index (χ0v) is 11.3. The number of aromatic amines is 1. The number of ether oxygens (including phenoxy) is 1. The highest BCUT2D eigenvalue weighted by Crippen LogP contribution is 2.38. The topological polar surface area (TPSA) is 90.6 Å². The first-order valence-corrected chi connectivity index (χ1v) is 6.30. The summed E-state index contributed by atoms with van der Waals surface area (Å²) in [5.74, 6) is 0. The van der Waals surface area contributed by atoms with Crippen molar-refractivity contribution in [2.75, 3.05) is 13.3 Å². The van der Waals surface area contributed by atoms with E-state index < -0.39 is 37.3 Å². The van der Waals surface area contributed by atoms with Crippen molar-refractivity contribution in [1.82, 2.24) is 9.55 Å². The van der Waals surface area contributed by atoms with Crippen LogP contribution < -0.4 is 0 Å². The predicted molar refractivity (Wildman–Crippen MR) is 68.4 cm³/mol. The standard InChI is InChI=1S/C10H13FN2O4S2/c11-4-10(16)7(15)5(3-14)17-8(10)13-2-1-6(18)12-9(13)19/h1-2,5,7-8,14-16H,3-4H2,(H,12,18,19)/t5-,7+,8-,10?/m1/s1. The van der Waals surface area contributed by atoms with Gasteiger partial charge < -0.3 is 25.0 Å². The van der Waals surface area contributed by atoms with Gasteiger partial charge in [-0.05, 0) is 18.3 Å². The number of rotatable bonds is 3. The normalized spacial score (nSPS) is 34.6. The van der Waals surface area contributed by atoms with Crippen LogP contribution in [0, 0.1) is 9.41 Å². The van der Waals surface area contributed by atoms with Gasteiger partial charge in [0.15, 0.2) is 16.6 Å². The van der Waals surface area contributed by atoms with Crippen LogP contribution in [0.5, 0.6) is 0 Å². The minimum absolute atomic E-state index is 0.121. The number of H-pyrrole nitrogens is 1. The first kappa shape index (κ1) is 14.7. The van der Waals surface area contributed by atoms with Crippen LogP contribution in [0.1, 0.15) is 6.23 Å². The predicted octanol–water partition coefficient (Wildman–Crippen LogP) is 0.226. The smallest absolute Gasteiger partial charge is 0.180 e. The Morgan fingerprint density at radius 1 is 1.53 bits per heavy atom. The van der Waals surface area contributed by atoms with Crippen molar-refractivity contribution in [3.8, 4) is 0 Å². The Balaban J connectivity index is 2.48. The molecule has 0 saturated carbocycles. The van der Waals surface area contributed by atoms with Gasteiger partial charge in [0.2, 0.25) is 0 Å². The molecule has 6 nitrogen and oxygen atoms in total. The fourth-order valence-electron chi connectivity index (χ4n) is 2.03. The van der Waals surface area contributed by atoms with Gasteiger partial charge in [0.05, 0.1) is 6.61 Å². The molecule has 1 unspecified atom stereocenters. The lowest BCUT2D eigenvalue weighted by Crippen LogP contribution is -2.49. The second kappa shape index (κ2) is 5.35. The Kier molecular flexibility index (Phi) is 4.14. The average Bonchev–Trinajstić information content (AvgIpc) is 2.63. The molecule has 0 bridgehead atoms. The van der Waals surface area contributed by atoms with Crippen LogP contribution in [0.25, 0.3) is 0 Å². The van der Waals surface area contributed by atoms with Crippen molar-refractivity contribution >= 4 is 24.4 Å². The number of aromatic nitrogens is 2. The minimum atomic E-state index is -2.18. The molecule has 0 aliphatic carbocycles. The zero-order valence-electron chi connectivity index (χ0n) is 9.69. The fourth-order valence-corrected chi connectivity index (χ4v) is 2.52. The minimum Gasteiger partial charge on any atom is -0.394 e. The van der Waals surface area contributed by atoms with Gasteiger partial charge in [-0.2, -0.15) is 0 Å². The van der Waals surface area contributed by atoms with E-state index >= 15 is 0 Å². The fraction of sp³-hybridized carbons (Fsp3) is 0.600. The summed E-state index contributed by atoms with van der Waals surface area (Å²) in [6.07, 6.45) is -2.46. The summed E-state index contributed by atoms with van der Waals surface area (Å²) in [6.45, 7) is -1.79. The van der Waals surface area contributed by atoms with E-state index in [1.54, 1.807) is 0 Å². The van der Waals surface area contributed by atoms with Crippen molar-refractivity contribution in [2.24, 2.45) is 0 Å². The molecule has 0 aromatic carbocycles. The van der Waals surface area contributed by atoms with Crippen molar-refractivity contribution in [2.45, 2.75) is 24.0 Å². The summed E-state index contributed by atoms with van der Waals surface area (Å²) in [4.78, 5) is 2.66. The molecule has 1 fully saturated rings. The maximum Gasteiger partial charge on any atom is 0.180 e. The van der Waals surface area contributed by atoms with Crippen molar-refractivity contribution < 1.29 is 24.4 Å². The van der Waals surface area contributed by atoms with Gasteiger partial charge >= 0.3 is 0 Å². The Morgan fingerprint density at radius 3 is 2.74 bits per heavy atom. The van der Waals surface area contributed by atoms with E-state index in [0.29, 0.717) is 4.64 Å². The largest absolute Gasteiger partial charge is 0.394 e. The third-order valence-electron chi connectivity index (χ3n) is 3.09. The molecule has 4 atom stereocenters. The molecule has 0 amide bonds. The van der Waals surface area contributed by atoms with Crippen LogP contribution in [0.2, 0.25) is 0 Å². The lowest BCUT2D eigenvalue weighted by molar-refractivity contribution is -0.120. The van der Waals surface area contributed by atoms with E-state index in [-0.39, 0.29) is 4.77 Å². The molecule has 2 heterocycles. The Hall–Kier alpha value is -0.710. The first-order valence-electron chi connectivity index (χ1n) is 5.48. The number of hydrogen-bond donors (Lipinski definition) is 4. The maximum absolute atomic E-state index is 13.1. The molecule has 1 aromatic rings. The van der Waals surface area contributed by atoms with Crippen molar-refractivity contribution in [1.29, 1.82) is 0 Å². The van der Waals surface area contributed by atoms with Crippen LogP contribution in [-0.4, -0.2) is 56.0 Å². The van der Waals surface area contributed by atoms with E-state index in [0.717, 1.165) is 0 Å². The lowest BCUT2D eigenvalue weighted by atomic mass is 9.95. The van der Waals surface area contributed by atoms with Gasteiger partial charge in [-0.25, -0.2) is 4.39 Å². The number of aliphatic hydroxyl groups is 3. The van der Waals surface area contributed by atoms with E-state index in [1.807, 2.05) is 0 Å². The Bertz CT molecular complexity index is 577. The van der Waals surface area contributed by atoms with Gasteiger partial charge in [0.1, 0.15) is 23.5 Å². The lowest BCUT2D eigenvalue weighted by Gasteiger charge is -2.29. The highest BCUT2D eigenvalue weighted by molar-refractivity contribution is 7.72.